The van der Waals surface area contributed by atoms with Gasteiger partial charge in [0.25, 0.3) is 5.91 Å². The van der Waals surface area contributed by atoms with Gasteiger partial charge in [-0.3, -0.25) is 9.59 Å². The summed E-state index contributed by atoms with van der Waals surface area (Å²) < 4.78 is 11.3. The van der Waals surface area contributed by atoms with Crippen molar-refractivity contribution in [2.75, 3.05) is 26.2 Å². The van der Waals surface area contributed by atoms with Crippen LogP contribution in [0.2, 0.25) is 0 Å². The Labute approximate surface area is 147 Å². The highest BCUT2D eigenvalue weighted by Crippen LogP contribution is 2.16. The number of para-hydroxylation sites is 1. The molecule has 0 bridgehead atoms. The van der Waals surface area contributed by atoms with Crippen molar-refractivity contribution in [3.05, 3.63) is 54.0 Å². The summed E-state index contributed by atoms with van der Waals surface area (Å²) in [5, 5.41) is 0. The Balaban J connectivity index is 1.57. The lowest BCUT2D eigenvalue weighted by molar-refractivity contribution is -0.128. The minimum atomic E-state index is -0.142. The van der Waals surface area contributed by atoms with Crippen LogP contribution in [0.5, 0.6) is 5.75 Å². The number of furan rings is 1. The van der Waals surface area contributed by atoms with Crippen LogP contribution in [0.25, 0.3) is 0 Å². The van der Waals surface area contributed by atoms with Gasteiger partial charge in [-0.1, -0.05) is 18.2 Å². The van der Waals surface area contributed by atoms with Crippen molar-refractivity contribution in [3.63, 3.8) is 0 Å². The van der Waals surface area contributed by atoms with E-state index < -0.39 is 0 Å². The molecule has 0 radical (unpaired) electrons. The lowest BCUT2D eigenvalue weighted by Gasteiger charge is -2.20. The van der Waals surface area contributed by atoms with E-state index in [0.717, 1.165) is 12.2 Å². The van der Waals surface area contributed by atoms with Crippen molar-refractivity contribution < 1.29 is 18.7 Å². The fourth-order valence-corrected chi connectivity index (χ4v) is 2.83. The van der Waals surface area contributed by atoms with Crippen LogP contribution < -0.4 is 4.74 Å². The van der Waals surface area contributed by atoms with E-state index in [1.54, 1.807) is 28.9 Å². The highest BCUT2D eigenvalue weighted by Gasteiger charge is 2.23. The second-order valence-corrected chi connectivity index (χ2v) is 6.02. The molecule has 1 fully saturated rings. The van der Waals surface area contributed by atoms with E-state index in [0.29, 0.717) is 37.7 Å². The van der Waals surface area contributed by atoms with Crippen LogP contribution in [0.15, 0.2) is 46.9 Å². The van der Waals surface area contributed by atoms with Gasteiger partial charge in [-0.15, -0.1) is 0 Å². The topological polar surface area (TPSA) is 63.0 Å². The molecule has 2 aromatic rings. The van der Waals surface area contributed by atoms with Gasteiger partial charge in [0, 0.05) is 33.1 Å². The van der Waals surface area contributed by atoms with Gasteiger partial charge in [0.1, 0.15) is 18.1 Å². The second-order valence-electron chi connectivity index (χ2n) is 6.02. The van der Waals surface area contributed by atoms with E-state index in [4.69, 9.17) is 9.15 Å². The fraction of sp³-hybridized carbons (Fsp3) is 0.368. The van der Waals surface area contributed by atoms with E-state index in [1.165, 1.54) is 0 Å². The van der Waals surface area contributed by atoms with Crippen molar-refractivity contribution in [1.29, 1.82) is 0 Å². The van der Waals surface area contributed by atoms with Crippen LogP contribution in [0.1, 0.15) is 29.7 Å². The number of hydrogen-bond donors (Lipinski definition) is 0. The molecule has 25 heavy (non-hydrogen) atoms. The van der Waals surface area contributed by atoms with Gasteiger partial charge in [-0.2, -0.15) is 0 Å². The van der Waals surface area contributed by atoms with E-state index in [9.17, 15) is 9.59 Å². The largest absolute Gasteiger partial charge is 0.486 e. The van der Waals surface area contributed by atoms with Crippen molar-refractivity contribution in [2.45, 2.75) is 20.0 Å². The van der Waals surface area contributed by atoms with Gasteiger partial charge in [-0.25, -0.2) is 0 Å². The third-order valence-electron chi connectivity index (χ3n) is 4.23. The lowest BCUT2D eigenvalue weighted by atomic mass is 10.3. The fourth-order valence-electron chi connectivity index (χ4n) is 2.83. The summed E-state index contributed by atoms with van der Waals surface area (Å²) in [5.74, 6) is 1.57. The van der Waals surface area contributed by atoms with Crippen molar-refractivity contribution >= 4 is 11.8 Å². The Hall–Kier alpha value is -2.76. The number of hydrogen-bond acceptors (Lipinski definition) is 4. The molecule has 132 valence electrons. The zero-order valence-electron chi connectivity index (χ0n) is 14.3. The van der Waals surface area contributed by atoms with Gasteiger partial charge >= 0.3 is 0 Å². The summed E-state index contributed by atoms with van der Waals surface area (Å²) in [4.78, 5) is 27.6. The molecule has 0 N–H and O–H groups in total. The van der Waals surface area contributed by atoms with E-state index in [-0.39, 0.29) is 18.4 Å². The molecule has 2 heterocycles. The number of nitrogens with zero attached hydrogens (tertiary/aromatic N) is 2. The van der Waals surface area contributed by atoms with Crippen molar-refractivity contribution in [2.24, 2.45) is 0 Å². The summed E-state index contributed by atoms with van der Waals surface area (Å²) >= 11 is 0. The Bertz CT molecular complexity index is 726. The Kier molecular flexibility index (Phi) is 5.38. The third-order valence-corrected chi connectivity index (χ3v) is 4.23. The molecule has 3 rings (SSSR count). The number of carbonyl (C=O) groups excluding carboxylic acids is 2. The zero-order valence-corrected chi connectivity index (χ0v) is 14.3. The summed E-state index contributed by atoms with van der Waals surface area (Å²) in [6, 6.07) is 12.9. The van der Waals surface area contributed by atoms with Crippen LogP contribution in [0.4, 0.5) is 0 Å². The zero-order chi connectivity index (χ0) is 17.6. The Morgan fingerprint density at radius 2 is 1.72 bits per heavy atom. The maximum Gasteiger partial charge on any atom is 0.289 e. The van der Waals surface area contributed by atoms with Gasteiger partial charge in [-0.05, 0) is 30.7 Å². The van der Waals surface area contributed by atoms with E-state index in [1.807, 2.05) is 30.3 Å². The lowest BCUT2D eigenvalue weighted by Crippen LogP contribution is -2.36. The minimum absolute atomic E-state index is 0.0487. The first-order chi connectivity index (χ1) is 12.1. The first-order valence-electron chi connectivity index (χ1n) is 8.45. The smallest absolute Gasteiger partial charge is 0.289 e. The molecule has 1 aromatic carbocycles. The Morgan fingerprint density at radius 1 is 1.00 bits per heavy atom. The highest BCUT2D eigenvalue weighted by molar-refractivity contribution is 5.91. The molecular weight excluding hydrogens is 320 g/mol. The number of rotatable bonds is 4. The molecule has 0 atom stereocenters. The Morgan fingerprint density at radius 3 is 2.48 bits per heavy atom. The molecule has 1 aliphatic rings. The maximum absolute atomic E-state index is 12.6. The van der Waals surface area contributed by atoms with E-state index in [2.05, 4.69) is 0 Å². The van der Waals surface area contributed by atoms with Crippen molar-refractivity contribution in [3.8, 4) is 5.75 Å². The molecule has 0 aliphatic carbocycles. The second kappa shape index (κ2) is 7.88. The number of ether oxygens (including phenoxy) is 1. The number of benzene rings is 1. The molecular formula is C19H22N2O4. The quantitative estimate of drug-likeness (QED) is 0.857. The summed E-state index contributed by atoms with van der Waals surface area (Å²) in [6.45, 7) is 4.23. The standard InChI is InChI=1S/C19H22N2O4/c1-15(22)20-10-5-11-21(13-12-20)19(23)18-9-8-17(25-18)14-24-16-6-3-2-4-7-16/h2-4,6-9H,5,10-14H2,1H3. The van der Waals surface area contributed by atoms with Gasteiger partial charge < -0.3 is 19.0 Å². The summed E-state index contributed by atoms with van der Waals surface area (Å²) in [6.07, 6.45) is 0.774. The predicted octanol–water partition coefficient (Wildman–Crippen LogP) is 2.55. The molecule has 2 amide bonds. The minimum Gasteiger partial charge on any atom is -0.486 e. The number of amides is 2. The van der Waals surface area contributed by atoms with Crippen LogP contribution >= 0.6 is 0 Å². The highest BCUT2D eigenvalue weighted by atomic mass is 16.5. The maximum atomic E-state index is 12.6. The van der Waals surface area contributed by atoms with Gasteiger partial charge in [0.05, 0.1) is 0 Å². The van der Waals surface area contributed by atoms with E-state index >= 15 is 0 Å². The molecule has 6 nitrogen and oxygen atoms in total. The van der Waals surface area contributed by atoms with Crippen LogP contribution in [0, 0.1) is 0 Å². The molecule has 1 aromatic heterocycles. The first-order valence-corrected chi connectivity index (χ1v) is 8.45. The monoisotopic (exact) mass is 342 g/mol. The molecule has 0 unspecified atom stereocenters. The van der Waals surface area contributed by atoms with Crippen LogP contribution in [0.3, 0.4) is 0 Å². The predicted molar refractivity (Wildman–Crippen MR) is 92.3 cm³/mol. The molecule has 1 saturated heterocycles. The molecule has 0 saturated carbocycles. The van der Waals surface area contributed by atoms with Crippen LogP contribution in [-0.4, -0.2) is 47.8 Å². The third kappa shape index (κ3) is 4.41. The van der Waals surface area contributed by atoms with Crippen molar-refractivity contribution in [1.82, 2.24) is 9.80 Å². The van der Waals surface area contributed by atoms with Gasteiger partial charge in [0.15, 0.2) is 5.76 Å². The number of carbonyl (C=O) groups is 2. The molecule has 0 spiro atoms. The first kappa shape index (κ1) is 17.1. The van der Waals surface area contributed by atoms with Crippen LogP contribution in [-0.2, 0) is 11.4 Å². The summed E-state index contributed by atoms with van der Waals surface area (Å²) in [5.41, 5.74) is 0. The average molecular weight is 342 g/mol. The molecule has 1 aliphatic heterocycles. The SMILES string of the molecule is CC(=O)N1CCCN(C(=O)c2ccc(COc3ccccc3)o2)CC1. The summed E-state index contributed by atoms with van der Waals surface area (Å²) in [7, 11) is 0. The normalized spacial score (nSPS) is 14.9. The van der Waals surface area contributed by atoms with Gasteiger partial charge in [0.2, 0.25) is 5.91 Å². The molecule has 6 heteroatoms. The average Bonchev–Trinajstić information content (AvgIpc) is 2.95.